The SMILES string of the molecule is O=[N+]([O-])c1ccc(CNC2CCNC2)c(F)c1. The van der Waals surface area contributed by atoms with Crippen LogP contribution >= 0.6 is 0 Å². The lowest BCUT2D eigenvalue weighted by molar-refractivity contribution is -0.385. The van der Waals surface area contributed by atoms with Crippen LogP contribution in [0.25, 0.3) is 0 Å². The van der Waals surface area contributed by atoms with Crippen molar-refractivity contribution < 1.29 is 9.31 Å². The van der Waals surface area contributed by atoms with Gasteiger partial charge in [-0.2, -0.15) is 0 Å². The molecule has 2 N–H and O–H groups in total. The van der Waals surface area contributed by atoms with Crippen molar-refractivity contribution in [1.82, 2.24) is 10.6 Å². The highest BCUT2D eigenvalue weighted by atomic mass is 19.1. The second-order valence-electron chi connectivity index (χ2n) is 4.10. The van der Waals surface area contributed by atoms with Gasteiger partial charge in [0.15, 0.2) is 0 Å². The molecule has 17 heavy (non-hydrogen) atoms. The summed E-state index contributed by atoms with van der Waals surface area (Å²) < 4.78 is 13.5. The zero-order valence-corrected chi connectivity index (χ0v) is 9.28. The Morgan fingerprint density at radius 3 is 3.00 bits per heavy atom. The molecule has 1 unspecified atom stereocenters. The Balaban J connectivity index is 1.98. The fourth-order valence-corrected chi connectivity index (χ4v) is 1.88. The number of non-ortho nitro benzene ring substituents is 1. The molecule has 1 atom stereocenters. The molecular weight excluding hydrogens is 225 g/mol. The number of hydrogen-bond acceptors (Lipinski definition) is 4. The number of rotatable bonds is 4. The van der Waals surface area contributed by atoms with Crippen LogP contribution in [-0.2, 0) is 6.54 Å². The van der Waals surface area contributed by atoms with E-state index in [4.69, 9.17) is 0 Å². The lowest BCUT2D eigenvalue weighted by atomic mass is 10.1. The topological polar surface area (TPSA) is 67.2 Å². The quantitative estimate of drug-likeness (QED) is 0.611. The van der Waals surface area contributed by atoms with E-state index in [0.29, 0.717) is 18.2 Å². The summed E-state index contributed by atoms with van der Waals surface area (Å²) in [6, 6.07) is 4.10. The largest absolute Gasteiger partial charge is 0.315 e. The second-order valence-corrected chi connectivity index (χ2v) is 4.10. The Morgan fingerprint density at radius 1 is 1.59 bits per heavy atom. The van der Waals surface area contributed by atoms with Crippen LogP contribution in [0.1, 0.15) is 12.0 Å². The Morgan fingerprint density at radius 2 is 2.41 bits per heavy atom. The third kappa shape index (κ3) is 2.98. The molecule has 0 saturated carbocycles. The first-order valence-corrected chi connectivity index (χ1v) is 5.54. The first kappa shape index (κ1) is 11.9. The van der Waals surface area contributed by atoms with Gasteiger partial charge >= 0.3 is 0 Å². The van der Waals surface area contributed by atoms with E-state index in [0.717, 1.165) is 25.6 Å². The molecule has 1 aromatic carbocycles. The summed E-state index contributed by atoms with van der Waals surface area (Å²) in [6.07, 6.45) is 1.02. The maximum Gasteiger partial charge on any atom is 0.272 e. The molecule has 1 aliphatic rings. The molecule has 1 aliphatic heterocycles. The zero-order chi connectivity index (χ0) is 12.3. The lowest BCUT2D eigenvalue weighted by Gasteiger charge is -2.11. The predicted molar refractivity (Wildman–Crippen MR) is 61.2 cm³/mol. The van der Waals surface area contributed by atoms with Crippen LogP contribution in [-0.4, -0.2) is 24.1 Å². The van der Waals surface area contributed by atoms with Gasteiger partial charge in [0, 0.05) is 30.8 Å². The molecule has 92 valence electrons. The zero-order valence-electron chi connectivity index (χ0n) is 9.28. The van der Waals surface area contributed by atoms with Gasteiger partial charge in [0.25, 0.3) is 5.69 Å². The van der Waals surface area contributed by atoms with Crippen molar-refractivity contribution in [3.8, 4) is 0 Å². The summed E-state index contributed by atoms with van der Waals surface area (Å²) in [6.45, 7) is 2.26. The van der Waals surface area contributed by atoms with Crippen molar-refractivity contribution in [2.75, 3.05) is 13.1 Å². The molecule has 0 amide bonds. The van der Waals surface area contributed by atoms with Crippen LogP contribution in [0.5, 0.6) is 0 Å². The molecule has 0 aliphatic carbocycles. The van der Waals surface area contributed by atoms with Crippen LogP contribution in [0.2, 0.25) is 0 Å². The summed E-state index contributed by atoms with van der Waals surface area (Å²) in [5, 5.41) is 16.9. The third-order valence-electron chi connectivity index (χ3n) is 2.89. The van der Waals surface area contributed by atoms with Crippen LogP contribution in [0.4, 0.5) is 10.1 Å². The van der Waals surface area contributed by atoms with Gasteiger partial charge in [0.2, 0.25) is 0 Å². The molecule has 6 heteroatoms. The molecule has 1 fully saturated rings. The van der Waals surface area contributed by atoms with Crippen LogP contribution in [0.3, 0.4) is 0 Å². The van der Waals surface area contributed by atoms with E-state index < -0.39 is 10.7 Å². The van der Waals surface area contributed by atoms with Crippen molar-refractivity contribution >= 4 is 5.69 Å². The number of nitrogens with one attached hydrogen (secondary N) is 2. The third-order valence-corrected chi connectivity index (χ3v) is 2.89. The number of hydrogen-bond donors (Lipinski definition) is 2. The fraction of sp³-hybridized carbons (Fsp3) is 0.455. The average Bonchev–Trinajstić information content (AvgIpc) is 2.80. The van der Waals surface area contributed by atoms with Crippen molar-refractivity contribution in [3.63, 3.8) is 0 Å². The monoisotopic (exact) mass is 239 g/mol. The smallest absolute Gasteiger partial charge is 0.272 e. The minimum Gasteiger partial charge on any atom is -0.315 e. The van der Waals surface area contributed by atoms with E-state index >= 15 is 0 Å². The minimum absolute atomic E-state index is 0.214. The van der Waals surface area contributed by atoms with Crippen LogP contribution < -0.4 is 10.6 Å². The lowest BCUT2D eigenvalue weighted by Crippen LogP contribution is -2.30. The van der Waals surface area contributed by atoms with Crippen molar-refractivity contribution in [2.45, 2.75) is 19.0 Å². The van der Waals surface area contributed by atoms with E-state index in [1.54, 1.807) is 0 Å². The van der Waals surface area contributed by atoms with Gasteiger partial charge in [-0.05, 0) is 19.0 Å². The summed E-state index contributed by atoms with van der Waals surface area (Å²) in [4.78, 5) is 9.85. The maximum atomic E-state index is 13.5. The van der Waals surface area contributed by atoms with Gasteiger partial charge in [-0.25, -0.2) is 4.39 Å². The van der Waals surface area contributed by atoms with E-state index in [1.165, 1.54) is 12.1 Å². The Hall–Kier alpha value is -1.53. The van der Waals surface area contributed by atoms with Crippen LogP contribution in [0.15, 0.2) is 18.2 Å². The molecule has 0 radical (unpaired) electrons. The highest BCUT2D eigenvalue weighted by Crippen LogP contribution is 2.16. The minimum atomic E-state index is -0.596. The summed E-state index contributed by atoms with van der Waals surface area (Å²) in [5.74, 6) is -0.530. The molecule has 1 saturated heterocycles. The van der Waals surface area contributed by atoms with E-state index in [-0.39, 0.29) is 5.69 Å². The van der Waals surface area contributed by atoms with Gasteiger partial charge < -0.3 is 10.6 Å². The molecule has 1 heterocycles. The highest BCUT2D eigenvalue weighted by molar-refractivity contribution is 5.34. The number of nitro groups is 1. The number of benzene rings is 1. The predicted octanol–water partition coefficient (Wildman–Crippen LogP) is 1.19. The van der Waals surface area contributed by atoms with Crippen molar-refractivity contribution in [3.05, 3.63) is 39.7 Å². The van der Waals surface area contributed by atoms with Crippen molar-refractivity contribution in [1.29, 1.82) is 0 Å². The van der Waals surface area contributed by atoms with Gasteiger partial charge in [-0.3, -0.25) is 10.1 Å². The van der Waals surface area contributed by atoms with E-state index in [2.05, 4.69) is 10.6 Å². The first-order valence-electron chi connectivity index (χ1n) is 5.54. The molecule has 0 spiro atoms. The molecule has 2 rings (SSSR count). The first-order chi connectivity index (χ1) is 8.16. The van der Waals surface area contributed by atoms with Crippen LogP contribution in [0, 0.1) is 15.9 Å². The normalized spacial score (nSPS) is 19.5. The fourth-order valence-electron chi connectivity index (χ4n) is 1.88. The summed E-state index contributed by atoms with van der Waals surface area (Å²) in [5.41, 5.74) is 0.247. The maximum absolute atomic E-state index is 13.5. The summed E-state index contributed by atoms with van der Waals surface area (Å²) in [7, 11) is 0. The Kier molecular flexibility index (Phi) is 3.65. The van der Waals surface area contributed by atoms with Gasteiger partial charge in [0.1, 0.15) is 5.82 Å². The molecular formula is C11H14FN3O2. The Bertz CT molecular complexity index is 419. The molecule has 0 bridgehead atoms. The molecule has 1 aromatic rings. The number of nitrogens with zero attached hydrogens (tertiary/aromatic N) is 1. The van der Waals surface area contributed by atoms with Gasteiger partial charge in [0.05, 0.1) is 11.0 Å². The van der Waals surface area contributed by atoms with Gasteiger partial charge in [-0.15, -0.1) is 0 Å². The highest BCUT2D eigenvalue weighted by Gasteiger charge is 2.15. The standard InChI is InChI=1S/C11H14FN3O2/c12-11-5-10(15(16)17)2-1-8(11)6-14-9-3-4-13-7-9/h1-2,5,9,13-14H,3-4,6-7H2. The second kappa shape index (κ2) is 5.20. The van der Waals surface area contributed by atoms with E-state index in [1.807, 2.05) is 0 Å². The van der Waals surface area contributed by atoms with Gasteiger partial charge in [-0.1, -0.05) is 0 Å². The molecule has 0 aromatic heterocycles. The average molecular weight is 239 g/mol. The molecule has 5 nitrogen and oxygen atoms in total. The van der Waals surface area contributed by atoms with Crippen molar-refractivity contribution in [2.24, 2.45) is 0 Å². The summed E-state index contributed by atoms with van der Waals surface area (Å²) >= 11 is 0. The Labute approximate surface area is 98.2 Å². The number of halogens is 1. The van der Waals surface area contributed by atoms with E-state index in [9.17, 15) is 14.5 Å². The number of nitro benzene ring substituents is 1.